The van der Waals surface area contributed by atoms with Gasteiger partial charge in [0.15, 0.2) is 0 Å². The Bertz CT molecular complexity index is 712. The molecule has 0 bridgehead atoms. The molecule has 2 aromatic rings. The van der Waals surface area contributed by atoms with Crippen molar-refractivity contribution in [1.29, 1.82) is 0 Å². The van der Waals surface area contributed by atoms with E-state index in [4.69, 9.17) is 0 Å². The van der Waals surface area contributed by atoms with Gasteiger partial charge in [-0.2, -0.15) is 0 Å². The molecule has 1 N–H and O–H groups in total. The number of benzene rings is 2. The average molecular weight is 309 g/mol. The molecule has 0 unspecified atom stereocenters. The first-order valence-corrected chi connectivity index (χ1v) is 7.78. The molecule has 23 heavy (non-hydrogen) atoms. The Balaban J connectivity index is 1.83. The zero-order chi connectivity index (χ0) is 16.2. The minimum absolute atomic E-state index is 0.0769. The fraction of sp³-hybridized carbons (Fsp3) is 0.263. The summed E-state index contributed by atoms with van der Waals surface area (Å²) in [6.07, 6.45) is 1.49. The minimum Gasteiger partial charge on any atom is -0.480 e. The third kappa shape index (κ3) is 3.42. The van der Waals surface area contributed by atoms with Crippen molar-refractivity contribution in [2.24, 2.45) is 0 Å². The number of likely N-dealkylation sites (tertiary alicyclic amines) is 1. The van der Waals surface area contributed by atoms with Gasteiger partial charge in [-0.15, -0.1) is 0 Å². The summed E-state index contributed by atoms with van der Waals surface area (Å²) in [6, 6.07) is 17.3. The van der Waals surface area contributed by atoms with Crippen molar-refractivity contribution in [3.63, 3.8) is 0 Å². The summed E-state index contributed by atoms with van der Waals surface area (Å²) in [6.45, 7) is 0.360. The molecule has 4 heteroatoms. The second kappa shape index (κ2) is 6.65. The van der Waals surface area contributed by atoms with Crippen LogP contribution in [0, 0.1) is 0 Å². The van der Waals surface area contributed by atoms with Crippen molar-refractivity contribution < 1.29 is 14.7 Å². The van der Waals surface area contributed by atoms with E-state index in [0.717, 1.165) is 17.5 Å². The highest BCUT2D eigenvalue weighted by atomic mass is 16.4. The summed E-state index contributed by atoms with van der Waals surface area (Å²) in [5.74, 6) is -0.997. The van der Waals surface area contributed by atoms with Gasteiger partial charge in [0.2, 0.25) is 5.91 Å². The molecule has 1 amide bonds. The molecule has 1 saturated heterocycles. The van der Waals surface area contributed by atoms with Crippen LogP contribution in [-0.4, -0.2) is 27.9 Å². The van der Waals surface area contributed by atoms with Gasteiger partial charge in [0.05, 0.1) is 0 Å². The fourth-order valence-electron chi connectivity index (χ4n) is 3.07. The first-order chi connectivity index (χ1) is 11.1. The van der Waals surface area contributed by atoms with Gasteiger partial charge < -0.3 is 10.0 Å². The van der Waals surface area contributed by atoms with Crippen LogP contribution in [0.25, 0.3) is 0 Å². The van der Waals surface area contributed by atoms with Gasteiger partial charge in [-0.1, -0.05) is 54.6 Å². The molecule has 0 aliphatic carbocycles. The molecule has 1 aliphatic rings. The smallest absolute Gasteiger partial charge is 0.326 e. The molecule has 0 aromatic heterocycles. The van der Waals surface area contributed by atoms with Crippen LogP contribution in [-0.2, 0) is 22.6 Å². The van der Waals surface area contributed by atoms with Crippen LogP contribution < -0.4 is 0 Å². The van der Waals surface area contributed by atoms with Gasteiger partial charge in [0, 0.05) is 13.0 Å². The first-order valence-electron chi connectivity index (χ1n) is 7.78. The number of nitrogens with zero attached hydrogens (tertiary/aromatic N) is 1. The SMILES string of the molecule is O=C(O)[C@@H]1CCC(=O)N1Cc1ccccc1Cc1ccccc1. The third-order valence-electron chi connectivity index (χ3n) is 4.31. The molecule has 4 nitrogen and oxygen atoms in total. The molecular formula is C19H19NO3. The Labute approximate surface area is 135 Å². The van der Waals surface area contributed by atoms with Gasteiger partial charge in [-0.3, -0.25) is 4.79 Å². The van der Waals surface area contributed by atoms with Crippen LogP contribution in [0.15, 0.2) is 54.6 Å². The van der Waals surface area contributed by atoms with E-state index >= 15 is 0 Å². The predicted molar refractivity (Wildman–Crippen MR) is 86.9 cm³/mol. The van der Waals surface area contributed by atoms with Gasteiger partial charge in [0.1, 0.15) is 6.04 Å². The first kappa shape index (κ1) is 15.3. The normalized spacial score (nSPS) is 17.5. The molecule has 118 valence electrons. The maximum atomic E-state index is 12.0. The number of carboxylic acid groups (broad SMARTS) is 1. The number of carbonyl (C=O) groups excluding carboxylic acids is 1. The number of amides is 1. The monoisotopic (exact) mass is 309 g/mol. The second-order valence-electron chi connectivity index (χ2n) is 5.85. The maximum absolute atomic E-state index is 12.0. The van der Waals surface area contributed by atoms with E-state index in [1.807, 2.05) is 42.5 Å². The van der Waals surface area contributed by atoms with E-state index in [-0.39, 0.29) is 5.91 Å². The summed E-state index contributed by atoms with van der Waals surface area (Å²) in [5.41, 5.74) is 3.34. The number of carbonyl (C=O) groups is 2. The number of hydrogen-bond donors (Lipinski definition) is 1. The van der Waals surface area contributed by atoms with E-state index in [9.17, 15) is 14.7 Å². The molecule has 1 aliphatic heterocycles. The Morgan fingerprint density at radius 2 is 1.70 bits per heavy atom. The van der Waals surface area contributed by atoms with Crippen LogP contribution in [0.4, 0.5) is 0 Å². The molecule has 3 rings (SSSR count). The van der Waals surface area contributed by atoms with Gasteiger partial charge >= 0.3 is 5.97 Å². The van der Waals surface area contributed by atoms with Crippen LogP contribution in [0.2, 0.25) is 0 Å². The number of hydrogen-bond acceptors (Lipinski definition) is 2. The van der Waals surface area contributed by atoms with Crippen LogP contribution in [0.1, 0.15) is 29.5 Å². The van der Waals surface area contributed by atoms with Crippen molar-refractivity contribution in [1.82, 2.24) is 4.90 Å². The number of carboxylic acids is 1. The van der Waals surface area contributed by atoms with E-state index in [1.54, 1.807) is 0 Å². The lowest BCUT2D eigenvalue weighted by molar-refractivity contribution is -0.146. The molecule has 0 radical (unpaired) electrons. The van der Waals surface area contributed by atoms with Crippen LogP contribution >= 0.6 is 0 Å². The summed E-state index contributed by atoms with van der Waals surface area (Å²) in [7, 11) is 0. The molecular weight excluding hydrogens is 290 g/mol. The van der Waals surface area contributed by atoms with Crippen LogP contribution in [0.5, 0.6) is 0 Å². The molecule has 0 saturated carbocycles. The highest BCUT2D eigenvalue weighted by Gasteiger charge is 2.36. The summed E-state index contributed by atoms with van der Waals surface area (Å²) in [4.78, 5) is 24.8. The number of aliphatic carboxylic acids is 1. The Kier molecular flexibility index (Phi) is 4.42. The highest BCUT2D eigenvalue weighted by Crippen LogP contribution is 2.24. The van der Waals surface area contributed by atoms with E-state index in [2.05, 4.69) is 12.1 Å². The summed E-state index contributed by atoms with van der Waals surface area (Å²) >= 11 is 0. The predicted octanol–water partition coefficient (Wildman–Crippen LogP) is 2.85. The van der Waals surface area contributed by atoms with Crippen molar-refractivity contribution in [3.05, 3.63) is 71.3 Å². The van der Waals surface area contributed by atoms with Crippen molar-refractivity contribution in [2.45, 2.75) is 31.8 Å². The van der Waals surface area contributed by atoms with Crippen molar-refractivity contribution in [2.75, 3.05) is 0 Å². The zero-order valence-corrected chi connectivity index (χ0v) is 12.8. The topological polar surface area (TPSA) is 57.6 Å². The Hall–Kier alpha value is -2.62. The lowest BCUT2D eigenvalue weighted by atomic mass is 9.99. The Morgan fingerprint density at radius 3 is 2.39 bits per heavy atom. The number of rotatable bonds is 5. The lowest BCUT2D eigenvalue weighted by Crippen LogP contribution is -2.38. The van der Waals surface area contributed by atoms with Gasteiger partial charge in [0.25, 0.3) is 0 Å². The minimum atomic E-state index is -0.920. The summed E-state index contributed by atoms with van der Waals surface area (Å²) < 4.78 is 0. The third-order valence-corrected chi connectivity index (χ3v) is 4.31. The molecule has 0 spiro atoms. The van der Waals surface area contributed by atoms with Crippen molar-refractivity contribution in [3.8, 4) is 0 Å². The fourth-order valence-corrected chi connectivity index (χ4v) is 3.07. The van der Waals surface area contributed by atoms with Crippen LogP contribution in [0.3, 0.4) is 0 Å². The van der Waals surface area contributed by atoms with E-state index < -0.39 is 12.0 Å². The average Bonchev–Trinajstić information content (AvgIpc) is 2.91. The largest absolute Gasteiger partial charge is 0.480 e. The van der Waals surface area contributed by atoms with E-state index in [1.165, 1.54) is 10.5 Å². The maximum Gasteiger partial charge on any atom is 0.326 e. The van der Waals surface area contributed by atoms with E-state index in [0.29, 0.717) is 19.4 Å². The molecule has 1 heterocycles. The summed E-state index contributed by atoms with van der Waals surface area (Å²) in [5, 5.41) is 9.29. The zero-order valence-electron chi connectivity index (χ0n) is 12.8. The van der Waals surface area contributed by atoms with Gasteiger partial charge in [-0.05, 0) is 29.5 Å². The second-order valence-corrected chi connectivity index (χ2v) is 5.85. The molecule has 1 atom stereocenters. The highest BCUT2D eigenvalue weighted by molar-refractivity contribution is 5.87. The van der Waals surface area contributed by atoms with Gasteiger partial charge in [-0.25, -0.2) is 4.79 Å². The molecule has 2 aromatic carbocycles. The quantitative estimate of drug-likeness (QED) is 0.924. The Morgan fingerprint density at radius 1 is 1.04 bits per heavy atom. The lowest BCUT2D eigenvalue weighted by Gasteiger charge is -2.23. The standard InChI is InChI=1S/C19H19NO3/c21-18-11-10-17(19(22)23)20(18)13-16-9-5-4-8-15(16)12-14-6-2-1-3-7-14/h1-9,17H,10-13H2,(H,22,23)/t17-/m0/s1. The van der Waals surface area contributed by atoms with Crippen molar-refractivity contribution >= 4 is 11.9 Å². The molecule has 1 fully saturated rings.